The van der Waals surface area contributed by atoms with Gasteiger partial charge >= 0.3 is 0 Å². The zero-order chi connectivity index (χ0) is 17.3. The molecule has 1 saturated heterocycles. The standard InChI is InChI=1S/C22H32O3/c1-3-21-10-6-16(23)14-15(21)4-5-17-18-8-11-22(24-12-13-25-22)20(18,2)9-7-19(17)21/h3-4,16-19,23H,1,5-14H2,2H3/t16-,17-,18-,19-,20-,21?/m0/s1. The molecule has 6 atom stereocenters. The summed E-state index contributed by atoms with van der Waals surface area (Å²) in [6.45, 7) is 8.24. The summed E-state index contributed by atoms with van der Waals surface area (Å²) in [6, 6.07) is 0. The van der Waals surface area contributed by atoms with E-state index in [2.05, 4.69) is 25.7 Å². The van der Waals surface area contributed by atoms with Gasteiger partial charge in [-0.25, -0.2) is 0 Å². The van der Waals surface area contributed by atoms with Crippen LogP contribution in [0.2, 0.25) is 0 Å². The maximum atomic E-state index is 10.2. The van der Waals surface area contributed by atoms with Gasteiger partial charge in [0.05, 0.1) is 19.3 Å². The molecule has 0 bridgehead atoms. The fourth-order valence-electron chi connectivity index (χ4n) is 7.61. The third-order valence-electron chi connectivity index (χ3n) is 8.84. The van der Waals surface area contributed by atoms with Crippen LogP contribution in [0.25, 0.3) is 0 Å². The number of allylic oxidation sites excluding steroid dienone is 2. The van der Waals surface area contributed by atoms with Crippen LogP contribution in [0.15, 0.2) is 24.3 Å². The Labute approximate surface area is 151 Å². The van der Waals surface area contributed by atoms with Gasteiger partial charge < -0.3 is 14.6 Å². The van der Waals surface area contributed by atoms with E-state index in [9.17, 15) is 5.11 Å². The van der Waals surface area contributed by atoms with Crippen LogP contribution in [0.1, 0.15) is 58.3 Å². The first-order valence-corrected chi connectivity index (χ1v) is 10.3. The maximum absolute atomic E-state index is 10.2. The van der Waals surface area contributed by atoms with Crippen LogP contribution < -0.4 is 0 Å². The van der Waals surface area contributed by atoms with Crippen molar-refractivity contribution in [3.8, 4) is 0 Å². The normalized spacial score (nSPS) is 50.7. The SMILES string of the molecule is C=CC12CC[C@H](O)CC1=CC[C@@H]1[C@@H]2CC[C@@]2(C)[C@H]1CCC21OCCO1. The summed E-state index contributed by atoms with van der Waals surface area (Å²) in [5, 5.41) is 10.2. The summed E-state index contributed by atoms with van der Waals surface area (Å²) in [5.41, 5.74) is 1.77. The van der Waals surface area contributed by atoms with Crippen molar-refractivity contribution in [3.63, 3.8) is 0 Å². The largest absolute Gasteiger partial charge is 0.393 e. The quantitative estimate of drug-likeness (QED) is 0.724. The monoisotopic (exact) mass is 344 g/mol. The molecule has 1 aliphatic heterocycles. The lowest BCUT2D eigenvalue weighted by molar-refractivity contribution is -0.241. The smallest absolute Gasteiger partial charge is 0.174 e. The van der Waals surface area contributed by atoms with Crippen LogP contribution in [0.5, 0.6) is 0 Å². The first kappa shape index (κ1) is 16.5. The molecule has 5 rings (SSSR count). The lowest BCUT2D eigenvalue weighted by Gasteiger charge is -2.58. The van der Waals surface area contributed by atoms with E-state index >= 15 is 0 Å². The van der Waals surface area contributed by atoms with Gasteiger partial charge in [-0.1, -0.05) is 24.6 Å². The third kappa shape index (κ3) is 1.98. The minimum Gasteiger partial charge on any atom is -0.393 e. The number of aliphatic hydroxyl groups excluding tert-OH is 1. The summed E-state index contributed by atoms with van der Waals surface area (Å²) < 4.78 is 12.5. The molecular weight excluding hydrogens is 312 g/mol. The number of ether oxygens (including phenoxy) is 2. The molecule has 0 radical (unpaired) electrons. The Bertz CT molecular complexity index is 604. The van der Waals surface area contributed by atoms with Gasteiger partial charge in [-0.3, -0.25) is 0 Å². The molecule has 0 aromatic carbocycles. The van der Waals surface area contributed by atoms with Crippen molar-refractivity contribution >= 4 is 0 Å². The van der Waals surface area contributed by atoms with Crippen molar-refractivity contribution < 1.29 is 14.6 Å². The highest BCUT2D eigenvalue weighted by Gasteiger charge is 2.66. The zero-order valence-corrected chi connectivity index (χ0v) is 15.5. The van der Waals surface area contributed by atoms with Crippen LogP contribution >= 0.6 is 0 Å². The second-order valence-electron chi connectivity index (χ2n) is 9.43. The van der Waals surface area contributed by atoms with E-state index < -0.39 is 0 Å². The van der Waals surface area contributed by atoms with E-state index in [1.165, 1.54) is 31.3 Å². The fourth-order valence-corrected chi connectivity index (χ4v) is 7.61. The molecule has 3 nitrogen and oxygen atoms in total. The molecular formula is C22H32O3. The molecule has 1 spiro atoms. The minimum absolute atomic E-state index is 0.136. The van der Waals surface area contributed by atoms with E-state index in [0.29, 0.717) is 17.8 Å². The van der Waals surface area contributed by atoms with Crippen molar-refractivity contribution in [2.45, 2.75) is 70.2 Å². The Hall–Kier alpha value is -0.640. The van der Waals surface area contributed by atoms with Gasteiger partial charge in [0.15, 0.2) is 5.79 Å². The number of hydrogen-bond donors (Lipinski definition) is 1. The highest BCUT2D eigenvalue weighted by molar-refractivity contribution is 5.31. The average Bonchev–Trinajstić information content (AvgIpc) is 3.21. The Morgan fingerprint density at radius 1 is 1.12 bits per heavy atom. The van der Waals surface area contributed by atoms with E-state index in [1.54, 1.807) is 0 Å². The summed E-state index contributed by atoms with van der Waals surface area (Å²) in [4.78, 5) is 0. The van der Waals surface area contributed by atoms with Gasteiger partial charge in [-0.05, 0) is 62.7 Å². The van der Waals surface area contributed by atoms with Crippen LogP contribution in [-0.2, 0) is 9.47 Å². The van der Waals surface area contributed by atoms with E-state index in [1.807, 2.05) is 0 Å². The van der Waals surface area contributed by atoms with Crippen LogP contribution in [0.4, 0.5) is 0 Å². The van der Waals surface area contributed by atoms with Crippen molar-refractivity contribution in [2.75, 3.05) is 13.2 Å². The molecule has 5 aliphatic rings. The van der Waals surface area contributed by atoms with Crippen LogP contribution in [-0.4, -0.2) is 30.2 Å². The summed E-state index contributed by atoms with van der Waals surface area (Å²) in [5.74, 6) is 1.78. The Kier molecular flexibility index (Phi) is 3.59. The Morgan fingerprint density at radius 2 is 1.88 bits per heavy atom. The second-order valence-corrected chi connectivity index (χ2v) is 9.43. The van der Waals surface area contributed by atoms with Gasteiger partial charge in [0.25, 0.3) is 0 Å². The highest BCUT2D eigenvalue weighted by Crippen LogP contribution is 2.68. The molecule has 25 heavy (non-hydrogen) atoms. The van der Waals surface area contributed by atoms with Crippen LogP contribution in [0.3, 0.4) is 0 Å². The van der Waals surface area contributed by atoms with Crippen molar-refractivity contribution in [3.05, 3.63) is 24.3 Å². The van der Waals surface area contributed by atoms with Gasteiger partial charge in [-0.2, -0.15) is 0 Å². The first-order valence-electron chi connectivity index (χ1n) is 10.3. The Balaban J connectivity index is 1.51. The molecule has 1 N–H and O–H groups in total. The first-order chi connectivity index (χ1) is 12.0. The molecule has 4 aliphatic carbocycles. The van der Waals surface area contributed by atoms with E-state index in [-0.39, 0.29) is 22.7 Å². The van der Waals surface area contributed by atoms with E-state index in [0.717, 1.165) is 38.9 Å². The molecule has 138 valence electrons. The predicted octanol–water partition coefficient (Wildman–Crippen LogP) is 4.22. The molecule has 3 heteroatoms. The van der Waals surface area contributed by atoms with Crippen molar-refractivity contribution in [2.24, 2.45) is 28.6 Å². The molecule has 1 unspecified atom stereocenters. The van der Waals surface area contributed by atoms with Gasteiger partial charge in [-0.15, -0.1) is 6.58 Å². The third-order valence-corrected chi connectivity index (χ3v) is 8.84. The topological polar surface area (TPSA) is 38.7 Å². The molecule has 0 aromatic heterocycles. The van der Waals surface area contributed by atoms with Gasteiger partial charge in [0, 0.05) is 17.3 Å². The zero-order valence-electron chi connectivity index (χ0n) is 15.5. The van der Waals surface area contributed by atoms with Gasteiger partial charge in [0.1, 0.15) is 0 Å². The lowest BCUT2D eigenvalue weighted by Crippen LogP contribution is -2.55. The number of hydrogen-bond acceptors (Lipinski definition) is 3. The molecule has 1 heterocycles. The number of aliphatic hydroxyl groups is 1. The maximum Gasteiger partial charge on any atom is 0.174 e. The molecule has 0 aromatic rings. The minimum atomic E-state index is -0.309. The number of rotatable bonds is 1. The highest BCUT2D eigenvalue weighted by atomic mass is 16.7. The van der Waals surface area contributed by atoms with E-state index in [4.69, 9.17) is 9.47 Å². The number of fused-ring (bicyclic) bond motifs is 6. The molecule has 4 fully saturated rings. The summed E-state index contributed by atoms with van der Waals surface area (Å²) in [7, 11) is 0. The second kappa shape index (κ2) is 5.43. The Morgan fingerprint density at radius 3 is 2.64 bits per heavy atom. The van der Waals surface area contributed by atoms with Gasteiger partial charge in [0.2, 0.25) is 0 Å². The fraction of sp³-hybridized carbons (Fsp3) is 0.818. The summed E-state index contributed by atoms with van der Waals surface area (Å²) in [6.07, 6.45) is 13.3. The molecule has 0 amide bonds. The van der Waals surface area contributed by atoms with Crippen LogP contribution in [0, 0.1) is 28.6 Å². The van der Waals surface area contributed by atoms with Crippen molar-refractivity contribution in [1.29, 1.82) is 0 Å². The summed E-state index contributed by atoms with van der Waals surface area (Å²) >= 11 is 0. The van der Waals surface area contributed by atoms with Crippen molar-refractivity contribution in [1.82, 2.24) is 0 Å². The molecule has 3 saturated carbocycles. The average molecular weight is 344 g/mol. The lowest BCUT2D eigenvalue weighted by atomic mass is 9.47. The predicted molar refractivity (Wildman–Crippen MR) is 96.9 cm³/mol.